The quantitative estimate of drug-likeness (QED) is 0.751. The molecule has 1 rings (SSSR count). The number of halogens is 3. The van der Waals surface area contributed by atoms with Crippen LogP contribution in [-0.4, -0.2) is 11.9 Å². The fourth-order valence-electron chi connectivity index (χ4n) is 0.723. The van der Waals surface area contributed by atoms with Crippen molar-refractivity contribution in [3.05, 3.63) is 29.0 Å². The van der Waals surface area contributed by atoms with E-state index in [0.29, 0.717) is 12.4 Å². The van der Waals surface area contributed by atoms with Gasteiger partial charge in [0.15, 0.2) is 0 Å². The summed E-state index contributed by atoms with van der Waals surface area (Å²) in [6.45, 7) is 0.544. The maximum Gasteiger partial charge on any atom is 0.142 e. The van der Waals surface area contributed by atoms with E-state index in [1.807, 2.05) is 0 Å². The second-order valence-corrected chi connectivity index (χ2v) is 3.31. The molecule has 1 aromatic rings. The molecule has 4 heteroatoms. The van der Waals surface area contributed by atoms with Gasteiger partial charge in [-0.3, -0.25) is 0 Å². The molecule has 0 aliphatic heterocycles. The van der Waals surface area contributed by atoms with E-state index < -0.39 is 5.82 Å². The first-order chi connectivity index (χ1) is 5.74. The SMILES string of the molecule is Fc1ccc(OCCBr)cc1Cl. The monoisotopic (exact) mass is 252 g/mol. The Kier molecular flexibility index (Phi) is 3.82. The Morgan fingerprint density at radius 2 is 2.25 bits per heavy atom. The fourth-order valence-corrected chi connectivity index (χ4v) is 1.06. The number of alkyl halides is 1. The van der Waals surface area contributed by atoms with E-state index in [4.69, 9.17) is 16.3 Å². The molecule has 0 saturated carbocycles. The summed E-state index contributed by atoms with van der Waals surface area (Å²) in [6, 6.07) is 4.29. The average molecular weight is 253 g/mol. The number of ether oxygens (including phenoxy) is 1. The third-order valence-electron chi connectivity index (χ3n) is 1.24. The van der Waals surface area contributed by atoms with Gasteiger partial charge in [-0.05, 0) is 12.1 Å². The number of hydrogen-bond donors (Lipinski definition) is 0. The van der Waals surface area contributed by atoms with E-state index in [0.717, 1.165) is 5.33 Å². The summed E-state index contributed by atoms with van der Waals surface area (Å²) in [5, 5.41) is 0.823. The van der Waals surface area contributed by atoms with Crippen molar-refractivity contribution in [1.82, 2.24) is 0 Å². The Labute approximate surface area is 83.6 Å². The summed E-state index contributed by atoms with van der Waals surface area (Å²) in [7, 11) is 0. The van der Waals surface area contributed by atoms with Gasteiger partial charge in [-0.15, -0.1) is 0 Å². The lowest BCUT2D eigenvalue weighted by molar-refractivity contribution is 0.344. The maximum absolute atomic E-state index is 12.6. The average Bonchev–Trinajstić information content (AvgIpc) is 2.07. The van der Waals surface area contributed by atoms with E-state index in [9.17, 15) is 4.39 Å². The molecule has 0 radical (unpaired) electrons. The molecule has 0 bridgehead atoms. The maximum atomic E-state index is 12.6. The van der Waals surface area contributed by atoms with Gasteiger partial charge >= 0.3 is 0 Å². The summed E-state index contributed by atoms with van der Waals surface area (Å²) >= 11 is 8.73. The van der Waals surface area contributed by atoms with Crippen LogP contribution in [0.1, 0.15) is 0 Å². The van der Waals surface area contributed by atoms with Crippen LogP contribution in [0, 0.1) is 5.82 Å². The van der Waals surface area contributed by atoms with Gasteiger partial charge in [-0.25, -0.2) is 4.39 Å². The second kappa shape index (κ2) is 4.67. The van der Waals surface area contributed by atoms with Crippen molar-refractivity contribution in [3.63, 3.8) is 0 Å². The normalized spacial score (nSPS) is 9.92. The summed E-state index contributed by atoms with van der Waals surface area (Å²) in [4.78, 5) is 0. The van der Waals surface area contributed by atoms with Gasteiger partial charge in [0.2, 0.25) is 0 Å². The molecule has 0 N–H and O–H groups in total. The van der Waals surface area contributed by atoms with Crippen molar-refractivity contribution in [1.29, 1.82) is 0 Å². The van der Waals surface area contributed by atoms with Crippen molar-refractivity contribution in [2.24, 2.45) is 0 Å². The molecular weight excluding hydrogens is 246 g/mol. The molecule has 0 heterocycles. The van der Waals surface area contributed by atoms with E-state index in [1.54, 1.807) is 6.07 Å². The first-order valence-electron chi connectivity index (χ1n) is 3.38. The van der Waals surface area contributed by atoms with E-state index in [-0.39, 0.29) is 5.02 Å². The highest BCUT2D eigenvalue weighted by Crippen LogP contribution is 2.20. The van der Waals surface area contributed by atoms with E-state index >= 15 is 0 Å². The molecule has 0 spiro atoms. The molecule has 0 unspecified atom stereocenters. The lowest BCUT2D eigenvalue weighted by atomic mass is 10.3. The first-order valence-corrected chi connectivity index (χ1v) is 4.88. The van der Waals surface area contributed by atoms with Crippen molar-refractivity contribution in [2.45, 2.75) is 0 Å². The molecule has 0 aliphatic carbocycles. The molecule has 0 atom stereocenters. The molecular formula is C8H7BrClFO. The Hall–Kier alpha value is -0.280. The van der Waals surface area contributed by atoms with Crippen LogP contribution in [0.25, 0.3) is 0 Å². The van der Waals surface area contributed by atoms with Gasteiger partial charge in [0.1, 0.15) is 11.6 Å². The highest BCUT2D eigenvalue weighted by atomic mass is 79.9. The van der Waals surface area contributed by atoms with Crippen LogP contribution in [0.4, 0.5) is 4.39 Å². The zero-order valence-corrected chi connectivity index (χ0v) is 8.53. The van der Waals surface area contributed by atoms with Crippen molar-refractivity contribution in [3.8, 4) is 5.75 Å². The fraction of sp³-hybridized carbons (Fsp3) is 0.250. The van der Waals surface area contributed by atoms with E-state index in [1.165, 1.54) is 12.1 Å². The molecule has 0 aliphatic rings. The van der Waals surface area contributed by atoms with Crippen LogP contribution in [0.5, 0.6) is 5.75 Å². The molecule has 12 heavy (non-hydrogen) atoms. The van der Waals surface area contributed by atoms with Gasteiger partial charge in [-0.2, -0.15) is 0 Å². The smallest absolute Gasteiger partial charge is 0.142 e. The lowest BCUT2D eigenvalue weighted by Gasteiger charge is -2.03. The Bertz CT molecular complexity index is 267. The molecule has 0 amide bonds. The first kappa shape index (κ1) is 9.81. The van der Waals surface area contributed by atoms with Gasteiger partial charge in [-0.1, -0.05) is 27.5 Å². The zero-order valence-electron chi connectivity index (χ0n) is 6.19. The van der Waals surface area contributed by atoms with Gasteiger partial charge < -0.3 is 4.74 Å². The molecule has 1 nitrogen and oxygen atoms in total. The largest absolute Gasteiger partial charge is 0.493 e. The molecule has 0 aromatic heterocycles. The van der Waals surface area contributed by atoms with Crippen LogP contribution in [0.15, 0.2) is 18.2 Å². The molecule has 0 fully saturated rings. The highest BCUT2D eigenvalue weighted by molar-refractivity contribution is 9.09. The van der Waals surface area contributed by atoms with Crippen molar-refractivity contribution < 1.29 is 9.13 Å². The van der Waals surface area contributed by atoms with Crippen LogP contribution in [0.3, 0.4) is 0 Å². The minimum Gasteiger partial charge on any atom is -0.493 e. The Morgan fingerprint density at radius 1 is 1.50 bits per heavy atom. The minimum absolute atomic E-state index is 0.0853. The van der Waals surface area contributed by atoms with Gasteiger partial charge in [0.05, 0.1) is 11.6 Å². The lowest BCUT2D eigenvalue weighted by Crippen LogP contribution is -1.97. The number of rotatable bonds is 3. The second-order valence-electron chi connectivity index (χ2n) is 2.11. The predicted molar refractivity (Wildman–Crippen MR) is 50.7 cm³/mol. The topological polar surface area (TPSA) is 9.23 Å². The molecule has 66 valence electrons. The summed E-state index contributed by atoms with van der Waals surface area (Å²) in [6.07, 6.45) is 0. The Morgan fingerprint density at radius 3 is 2.83 bits per heavy atom. The van der Waals surface area contributed by atoms with Gasteiger partial charge in [0.25, 0.3) is 0 Å². The highest BCUT2D eigenvalue weighted by Gasteiger charge is 2.00. The molecule has 1 aromatic carbocycles. The van der Waals surface area contributed by atoms with Crippen molar-refractivity contribution >= 4 is 27.5 Å². The number of benzene rings is 1. The van der Waals surface area contributed by atoms with Crippen LogP contribution in [0.2, 0.25) is 5.02 Å². The molecule has 0 saturated heterocycles. The van der Waals surface area contributed by atoms with Crippen LogP contribution >= 0.6 is 27.5 Å². The minimum atomic E-state index is -0.428. The predicted octanol–water partition coefficient (Wildman–Crippen LogP) is 3.25. The van der Waals surface area contributed by atoms with Crippen LogP contribution < -0.4 is 4.74 Å². The Balaban J connectivity index is 2.69. The third-order valence-corrected chi connectivity index (χ3v) is 1.85. The summed E-state index contributed by atoms with van der Waals surface area (Å²) in [5.74, 6) is 0.156. The summed E-state index contributed by atoms with van der Waals surface area (Å²) in [5.41, 5.74) is 0. The summed E-state index contributed by atoms with van der Waals surface area (Å²) < 4.78 is 17.8. The van der Waals surface area contributed by atoms with Crippen molar-refractivity contribution in [2.75, 3.05) is 11.9 Å². The third kappa shape index (κ3) is 2.64. The van der Waals surface area contributed by atoms with Crippen LogP contribution in [-0.2, 0) is 0 Å². The zero-order chi connectivity index (χ0) is 8.97. The van der Waals surface area contributed by atoms with E-state index in [2.05, 4.69) is 15.9 Å². The van der Waals surface area contributed by atoms with Gasteiger partial charge in [0, 0.05) is 11.4 Å². The number of hydrogen-bond acceptors (Lipinski definition) is 1. The standard InChI is InChI=1S/C8H7BrClFO/c9-3-4-12-6-1-2-8(11)7(10)5-6/h1-2,5H,3-4H2.